The lowest BCUT2D eigenvalue weighted by molar-refractivity contribution is -0.139. The zero-order valence-corrected chi connectivity index (χ0v) is 22.3. The molecule has 0 atom stereocenters. The zero-order chi connectivity index (χ0) is 27.4. The summed E-state index contributed by atoms with van der Waals surface area (Å²) in [6.45, 7) is 13.5. The van der Waals surface area contributed by atoms with Crippen molar-refractivity contribution in [1.82, 2.24) is 15.0 Å². The summed E-state index contributed by atoms with van der Waals surface area (Å²) in [7, 11) is 0. The summed E-state index contributed by atoms with van der Waals surface area (Å²) in [5.74, 6) is 1.33. The third-order valence-corrected chi connectivity index (χ3v) is 6.02. The molecule has 0 saturated carbocycles. The number of carbonyl (C=O) groups excluding carboxylic acids is 1. The predicted molar refractivity (Wildman–Crippen MR) is 148 cm³/mol. The van der Waals surface area contributed by atoms with Gasteiger partial charge in [-0.15, -0.1) is 0 Å². The Hall–Kier alpha value is -4.52. The third-order valence-electron chi connectivity index (χ3n) is 6.02. The van der Waals surface area contributed by atoms with Gasteiger partial charge in [0.2, 0.25) is 0 Å². The van der Waals surface area contributed by atoms with E-state index >= 15 is 0 Å². The number of ether oxygens (including phenoxy) is 2. The molecule has 0 unspecified atom stereocenters. The van der Waals surface area contributed by atoms with Crippen LogP contribution in [0.2, 0.25) is 0 Å². The van der Waals surface area contributed by atoms with Crippen LogP contribution in [0.5, 0.6) is 11.5 Å². The Balaban J connectivity index is 1.71. The SMILES string of the molecule is C=C(C)C(=O)OCCOc1ccc(-c2nc(-c3ccc(C)cc3C)nc(-c3ccc(C)cc3C)n2)c(O)c1. The third kappa shape index (κ3) is 6.06. The average molecular weight is 510 g/mol. The van der Waals surface area contributed by atoms with Crippen molar-refractivity contribution in [3.05, 3.63) is 89.0 Å². The highest BCUT2D eigenvalue weighted by Gasteiger charge is 2.17. The van der Waals surface area contributed by atoms with E-state index in [1.165, 1.54) is 6.07 Å². The molecule has 7 heteroatoms. The van der Waals surface area contributed by atoms with Gasteiger partial charge in [0.05, 0.1) is 5.56 Å². The largest absolute Gasteiger partial charge is 0.507 e. The summed E-state index contributed by atoms with van der Waals surface area (Å²) in [5, 5.41) is 10.9. The van der Waals surface area contributed by atoms with Gasteiger partial charge in [0.15, 0.2) is 17.5 Å². The number of nitrogens with zero attached hydrogens (tertiary/aromatic N) is 3. The first kappa shape index (κ1) is 26.5. The van der Waals surface area contributed by atoms with Crippen molar-refractivity contribution in [3.63, 3.8) is 0 Å². The van der Waals surface area contributed by atoms with Gasteiger partial charge in [-0.2, -0.15) is 0 Å². The van der Waals surface area contributed by atoms with Gasteiger partial charge in [-0.05, 0) is 57.9 Å². The molecule has 4 aromatic rings. The molecule has 1 aromatic heterocycles. The van der Waals surface area contributed by atoms with Crippen LogP contribution in [0.1, 0.15) is 29.2 Å². The topological polar surface area (TPSA) is 94.4 Å². The average Bonchev–Trinajstić information content (AvgIpc) is 2.86. The Morgan fingerprint density at radius 3 is 1.74 bits per heavy atom. The molecule has 0 bridgehead atoms. The van der Waals surface area contributed by atoms with E-state index in [2.05, 4.69) is 18.7 Å². The van der Waals surface area contributed by atoms with E-state index in [1.807, 2.05) is 52.0 Å². The predicted octanol–water partition coefficient (Wildman–Crippen LogP) is 6.31. The first-order valence-corrected chi connectivity index (χ1v) is 12.3. The molecule has 0 aliphatic heterocycles. The summed E-state index contributed by atoms with van der Waals surface area (Å²) in [6.07, 6.45) is 0. The number of hydrogen-bond donors (Lipinski definition) is 1. The molecular weight excluding hydrogens is 478 g/mol. The van der Waals surface area contributed by atoms with Crippen molar-refractivity contribution in [3.8, 4) is 45.7 Å². The van der Waals surface area contributed by atoms with Crippen molar-refractivity contribution >= 4 is 5.97 Å². The number of esters is 1. The van der Waals surface area contributed by atoms with Gasteiger partial charge in [0.1, 0.15) is 24.7 Å². The van der Waals surface area contributed by atoms with Crippen LogP contribution in [-0.4, -0.2) is 39.2 Å². The highest BCUT2D eigenvalue weighted by atomic mass is 16.6. The Kier molecular flexibility index (Phi) is 7.86. The van der Waals surface area contributed by atoms with Gasteiger partial charge >= 0.3 is 5.97 Å². The second-order valence-electron chi connectivity index (χ2n) is 9.39. The van der Waals surface area contributed by atoms with Gasteiger partial charge in [0, 0.05) is 22.8 Å². The quantitative estimate of drug-likeness (QED) is 0.169. The van der Waals surface area contributed by atoms with Crippen LogP contribution in [0, 0.1) is 27.7 Å². The number of benzene rings is 3. The van der Waals surface area contributed by atoms with Crippen LogP contribution in [0.25, 0.3) is 34.2 Å². The van der Waals surface area contributed by atoms with Crippen LogP contribution in [0.4, 0.5) is 0 Å². The Labute approximate surface area is 222 Å². The standard InChI is InChI=1S/C31H31N3O4/c1-18(2)31(36)38-14-13-37-23-9-12-26(27(35)17-23)30-33-28(24-10-7-19(3)15-21(24)5)32-29(34-30)25-11-8-20(4)16-22(25)6/h7-12,15-17,35H,1,13-14H2,2-6H3. The highest BCUT2D eigenvalue weighted by molar-refractivity contribution is 5.86. The lowest BCUT2D eigenvalue weighted by Gasteiger charge is -2.13. The van der Waals surface area contributed by atoms with E-state index < -0.39 is 5.97 Å². The molecule has 0 spiro atoms. The zero-order valence-electron chi connectivity index (χ0n) is 22.3. The summed E-state index contributed by atoms with van der Waals surface area (Å²) >= 11 is 0. The van der Waals surface area contributed by atoms with E-state index in [1.54, 1.807) is 19.1 Å². The number of phenols is 1. The fraction of sp³-hybridized carbons (Fsp3) is 0.226. The molecule has 0 fully saturated rings. The first-order chi connectivity index (χ1) is 18.1. The normalized spacial score (nSPS) is 10.8. The summed E-state index contributed by atoms with van der Waals surface area (Å²) in [5.41, 5.74) is 6.97. The van der Waals surface area contributed by atoms with Crippen LogP contribution >= 0.6 is 0 Å². The molecule has 1 N–H and O–H groups in total. The molecule has 38 heavy (non-hydrogen) atoms. The smallest absolute Gasteiger partial charge is 0.333 e. The number of phenolic OH excluding ortho intramolecular Hbond substituents is 1. The van der Waals surface area contributed by atoms with Crippen molar-refractivity contribution < 1.29 is 19.4 Å². The molecule has 7 nitrogen and oxygen atoms in total. The molecule has 194 valence electrons. The lowest BCUT2D eigenvalue weighted by atomic mass is 10.0. The fourth-order valence-corrected chi connectivity index (χ4v) is 4.07. The van der Waals surface area contributed by atoms with Crippen molar-refractivity contribution in [2.24, 2.45) is 0 Å². The van der Waals surface area contributed by atoms with Crippen molar-refractivity contribution in [2.45, 2.75) is 34.6 Å². The van der Waals surface area contributed by atoms with Crippen LogP contribution in [0.15, 0.2) is 66.7 Å². The lowest BCUT2D eigenvalue weighted by Crippen LogP contribution is -2.12. The molecule has 4 rings (SSSR count). The maximum atomic E-state index is 11.5. The van der Waals surface area contributed by atoms with E-state index in [4.69, 9.17) is 24.4 Å². The maximum Gasteiger partial charge on any atom is 0.333 e. The molecular formula is C31H31N3O4. The van der Waals surface area contributed by atoms with E-state index in [0.29, 0.717) is 34.4 Å². The molecule has 0 saturated heterocycles. The van der Waals surface area contributed by atoms with Gasteiger partial charge in [-0.25, -0.2) is 19.7 Å². The van der Waals surface area contributed by atoms with Gasteiger partial charge in [-0.1, -0.05) is 54.1 Å². The summed E-state index contributed by atoms with van der Waals surface area (Å²) in [4.78, 5) is 25.8. The number of aryl methyl sites for hydroxylation is 4. The molecule has 0 amide bonds. The second-order valence-corrected chi connectivity index (χ2v) is 9.39. The van der Waals surface area contributed by atoms with Crippen molar-refractivity contribution in [1.29, 1.82) is 0 Å². The molecule has 0 radical (unpaired) electrons. The number of rotatable bonds is 8. The monoisotopic (exact) mass is 509 g/mol. The van der Waals surface area contributed by atoms with E-state index in [0.717, 1.165) is 33.4 Å². The minimum atomic E-state index is -0.471. The number of carbonyl (C=O) groups is 1. The summed E-state index contributed by atoms with van der Waals surface area (Å²) < 4.78 is 10.7. The molecule has 0 aliphatic carbocycles. The van der Waals surface area contributed by atoms with Crippen LogP contribution in [0.3, 0.4) is 0 Å². The maximum absolute atomic E-state index is 11.5. The number of aromatic nitrogens is 3. The molecule has 3 aromatic carbocycles. The highest BCUT2D eigenvalue weighted by Crippen LogP contribution is 2.34. The summed E-state index contributed by atoms with van der Waals surface area (Å²) in [6, 6.07) is 17.2. The fourth-order valence-electron chi connectivity index (χ4n) is 4.07. The molecule has 1 heterocycles. The Morgan fingerprint density at radius 1 is 0.763 bits per heavy atom. The van der Waals surface area contributed by atoms with Crippen LogP contribution in [-0.2, 0) is 9.53 Å². The minimum absolute atomic E-state index is 0.0363. The van der Waals surface area contributed by atoms with Gasteiger partial charge in [0.25, 0.3) is 0 Å². The van der Waals surface area contributed by atoms with Crippen LogP contribution < -0.4 is 4.74 Å². The number of aromatic hydroxyl groups is 1. The molecule has 0 aliphatic rings. The van der Waals surface area contributed by atoms with Gasteiger partial charge < -0.3 is 14.6 Å². The Morgan fingerprint density at radius 2 is 1.26 bits per heavy atom. The minimum Gasteiger partial charge on any atom is -0.507 e. The first-order valence-electron chi connectivity index (χ1n) is 12.3. The second kappa shape index (κ2) is 11.3. The van der Waals surface area contributed by atoms with Crippen molar-refractivity contribution in [2.75, 3.05) is 13.2 Å². The van der Waals surface area contributed by atoms with E-state index in [9.17, 15) is 9.90 Å². The number of hydrogen-bond acceptors (Lipinski definition) is 7. The van der Waals surface area contributed by atoms with E-state index in [-0.39, 0.29) is 19.0 Å². The Bertz CT molecular complexity index is 1460. The van der Waals surface area contributed by atoms with Gasteiger partial charge in [-0.3, -0.25) is 0 Å².